The Morgan fingerprint density at radius 3 is 1.95 bits per heavy atom. The van der Waals surface area contributed by atoms with Crippen molar-refractivity contribution in [1.82, 2.24) is 16.0 Å². The SMILES string of the molecule is CC(C)CC(NC(=O)C(N)CC(=O)O)C(=O)NC(CCCN=C(N)N)C(=O)NC(Cc1ccc(O)cc1)C(=O)O. The number of nitrogens with zero attached hydrogens (tertiary/aromatic N) is 1. The molecule has 12 N–H and O–H groups in total. The molecule has 1 aromatic rings. The summed E-state index contributed by atoms with van der Waals surface area (Å²) in [6, 6.07) is 0.683. The zero-order valence-electron chi connectivity index (χ0n) is 22.5. The van der Waals surface area contributed by atoms with Gasteiger partial charge in [0.05, 0.1) is 12.5 Å². The summed E-state index contributed by atoms with van der Waals surface area (Å²) >= 11 is 0. The number of carbonyl (C=O) groups is 5. The van der Waals surface area contributed by atoms with E-state index >= 15 is 0 Å². The first-order chi connectivity index (χ1) is 18.7. The standard InChI is InChI=1S/C25H39N7O8/c1-13(2)10-18(31-21(36)16(26)12-20(34)35)23(38)30-17(4-3-9-29-25(27)28)22(37)32-19(24(39)40)11-14-5-7-15(33)8-6-14/h5-8,13,16-19,33H,3-4,9-12,26H2,1-2H3,(H,30,38)(H,31,36)(H,32,37)(H,34,35)(H,39,40)(H4,27,28,29). The number of aliphatic carboxylic acids is 2. The minimum Gasteiger partial charge on any atom is -0.508 e. The molecule has 1 rings (SSSR count). The van der Waals surface area contributed by atoms with Crippen LogP contribution in [-0.4, -0.2) is 81.7 Å². The van der Waals surface area contributed by atoms with Gasteiger partial charge in [0, 0.05) is 13.0 Å². The average Bonchev–Trinajstić information content (AvgIpc) is 2.85. The highest BCUT2D eigenvalue weighted by Crippen LogP contribution is 2.12. The van der Waals surface area contributed by atoms with Crippen molar-refractivity contribution in [2.45, 2.75) is 70.1 Å². The van der Waals surface area contributed by atoms with Gasteiger partial charge in [-0.3, -0.25) is 24.2 Å². The number of nitrogens with two attached hydrogens (primary N) is 3. The number of hydrogen-bond donors (Lipinski definition) is 9. The number of aliphatic imine (C=N–C) groups is 1. The van der Waals surface area contributed by atoms with Gasteiger partial charge >= 0.3 is 11.9 Å². The van der Waals surface area contributed by atoms with Crippen LogP contribution in [0.25, 0.3) is 0 Å². The number of rotatable bonds is 17. The van der Waals surface area contributed by atoms with E-state index in [1.54, 1.807) is 13.8 Å². The lowest BCUT2D eigenvalue weighted by Gasteiger charge is -2.26. The number of hydrogen-bond acceptors (Lipinski definition) is 8. The Kier molecular flexibility index (Phi) is 13.9. The second-order valence-corrected chi connectivity index (χ2v) is 9.68. The van der Waals surface area contributed by atoms with Crippen LogP contribution < -0.4 is 33.2 Å². The largest absolute Gasteiger partial charge is 0.508 e. The first kappa shape index (κ1) is 33.6. The average molecular weight is 566 g/mol. The molecule has 1 aromatic carbocycles. The fourth-order valence-corrected chi connectivity index (χ4v) is 3.65. The van der Waals surface area contributed by atoms with E-state index in [2.05, 4.69) is 20.9 Å². The number of carboxylic acid groups (broad SMARTS) is 2. The predicted molar refractivity (Wildman–Crippen MR) is 145 cm³/mol. The van der Waals surface area contributed by atoms with E-state index in [1.807, 2.05) is 0 Å². The zero-order chi connectivity index (χ0) is 30.4. The molecule has 0 aromatic heterocycles. The van der Waals surface area contributed by atoms with Gasteiger partial charge in [0.15, 0.2) is 5.96 Å². The summed E-state index contributed by atoms with van der Waals surface area (Å²) in [5, 5.41) is 35.4. The minimum absolute atomic E-state index is 0.00447. The first-order valence-electron chi connectivity index (χ1n) is 12.6. The lowest BCUT2D eigenvalue weighted by atomic mass is 10.0. The highest BCUT2D eigenvalue weighted by Gasteiger charge is 2.31. The van der Waals surface area contributed by atoms with Crippen LogP contribution in [0.5, 0.6) is 5.75 Å². The van der Waals surface area contributed by atoms with Crippen molar-refractivity contribution in [3.63, 3.8) is 0 Å². The maximum atomic E-state index is 13.2. The van der Waals surface area contributed by atoms with Crippen molar-refractivity contribution in [3.8, 4) is 5.75 Å². The van der Waals surface area contributed by atoms with E-state index in [0.29, 0.717) is 5.56 Å². The lowest BCUT2D eigenvalue weighted by Crippen LogP contribution is -2.57. The van der Waals surface area contributed by atoms with Gasteiger partial charge in [0.1, 0.15) is 23.9 Å². The molecular weight excluding hydrogens is 526 g/mol. The van der Waals surface area contributed by atoms with Gasteiger partial charge in [0.25, 0.3) is 0 Å². The van der Waals surface area contributed by atoms with Crippen LogP contribution in [0.4, 0.5) is 0 Å². The van der Waals surface area contributed by atoms with E-state index in [4.69, 9.17) is 22.3 Å². The molecule has 4 atom stereocenters. The number of phenolic OH excluding ortho intramolecular Hbond substituents is 1. The second kappa shape index (κ2) is 16.5. The number of aromatic hydroxyl groups is 1. The van der Waals surface area contributed by atoms with E-state index in [-0.39, 0.29) is 49.9 Å². The number of phenols is 1. The summed E-state index contributed by atoms with van der Waals surface area (Å²) in [4.78, 5) is 65.4. The quantitative estimate of drug-likeness (QED) is 0.0587. The molecule has 0 radical (unpaired) electrons. The van der Waals surface area contributed by atoms with Crippen molar-refractivity contribution in [2.24, 2.45) is 28.1 Å². The molecule has 0 aliphatic carbocycles. The Morgan fingerprint density at radius 1 is 0.875 bits per heavy atom. The van der Waals surface area contributed by atoms with Crippen molar-refractivity contribution >= 4 is 35.6 Å². The maximum absolute atomic E-state index is 13.2. The van der Waals surface area contributed by atoms with Gasteiger partial charge < -0.3 is 48.5 Å². The molecular formula is C25H39N7O8. The van der Waals surface area contributed by atoms with E-state index in [9.17, 15) is 34.2 Å². The Labute approximate surface area is 231 Å². The highest BCUT2D eigenvalue weighted by molar-refractivity contribution is 5.94. The Balaban J connectivity index is 3.10. The second-order valence-electron chi connectivity index (χ2n) is 9.68. The van der Waals surface area contributed by atoms with Gasteiger partial charge in [-0.2, -0.15) is 0 Å². The summed E-state index contributed by atoms with van der Waals surface area (Å²) in [6.07, 6.45) is -0.311. The van der Waals surface area contributed by atoms with Crippen molar-refractivity contribution in [2.75, 3.05) is 6.54 Å². The van der Waals surface area contributed by atoms with Crippen molar-refractivity contribution < 1.29 is 39.3 Å². The summed E-state index contributed by atoms with van der Waals surface area (Å²) in [5.74, 6) is -5.23. The van der Waals surface area contributed by atoms with Crippen LogP contribution >= 0.6 is 0 Å². The maximum Gasteiger partial charge on any atom is 0.326 e. The molecule has 0 bridgehead atoms. The van der Waals surface area contributed by atoms with Crippen molar-refractivity contribution in [3.05, 3.63) is 29.8 Å². The molecule has 4 unspecified atom stereocenters. The summed E-state index contributed by atoms with van der Waals surface area (Å²) < 4.78 is 0. The first-order valence-corrected chi connectivity index (χ1v) is 12.6. The zero-order valence-corrected chi connectivity index (χ0v) is 22.5. The van der Waals surface area contributed by atoms with Crippen LogP contribution in [-0.2, 0) is 30.4 Å². The fraction of sp³-hybridized carbons (Fsp3) is 0.520. The van der Waals surface area contributed by atoms with Gasteiger partial charge in [-0.1, -0.05) is 26.0 Å². The molecule has 222 valence electrons. The predicted octanol–water partition coefficient (Wildman–Crippen LogP) is -1.62. The third-order valence-electron chi connectivity index (χ3n) is 5.64. The molecule has 15 heteroatoms. The van der Waals surface area contributed by atoms with Gasteiger partial charge in [-0.25, -0.2) is 4.79 Å². The number of amides is 3. The molecule has 3 amide bonds. The topological polar surface area (TPSA) is 273 Å². The highest BCUT2D eigenvalue weighted by atomic mass is 16.4. The Bertz CT molecular complexity index is 1060. The molecule has 0 aliphatic heterocycles. The molecule has 0 saturated carbocycles. The number of carboxylic acids is 2. The Hall–Kier alpha value is -4.40. The third kappa shape index (κ3) is 12.9. The molecule has 40 heavy (non-hydrogen) atoms. The van der Waals surface area contributed by atoms with Crippen LogP contribution in [0.1, 0.15) is 45.1 Å². The number of carbonyl (C=O) groups excluding carboxylic acids is 3. The molecule has 0 heterocycles. The van der Waals surface area contributed by atoms with Crippen LogP contribution in [0.2, 0.25) is 0 Å². The summed E-state index contributed by atoms with van der Waals surface area (Å²) in [6.45, 7) is 3.72. The van der Waals surface area contributed by atoms with E-state index in [0.717, 1.165) is 0 Å². The van der Waals surface area contributed by atoms with Gasteiger partial charge in [0.2, 0.25) is 17.7 Å². The van der Waals surface area contributed by atoms with Crippen LogP contribution in [0.3, 0.4) is 0 Å². The monoisotopic (exact) mass is 565 g/mol. The van der Waals surface area contributed by atoms with Gasteiger partial charge in [-0.05, 0) is 42.9 Å². The normalized spacial score (nSPS) is 13.8. The number of nitrogens with one attached hydrogen (secondary N) is 3. The summed E-state index contributed by atoms with van der Waals surface area (Å²) in [7, 11) is 0. The van der Waals surface area contributed by atoms with E-state index in [1.165, 1.54) is 24.3 Å². The molecule has 0 saturated heterocycles. The summed E-state index contributed by atoms with van der Waals surface area (Å²) in [5.41, 5.74) is 16.8. The third-order valence-corrected chi connectivity index (χ3v) is 5.64. The van der Waals surface area contributed by atoms with Crippen molar-refractivity contribution in [1.29, 1.82) is 0 Å². The minimum atomic E-state index is -1.39. The number of guanidine groups is 1. The number of benzene rings is 1. The molecule has 0 fully saturated rings. The van der Waals surface area contributed by atoms with Crippen LogP contribution in [0, 0.1) is 5.92 Å². The Morgan fingerprint density at radius 2 is 1.43 bits per heavy atom. The lowest BCUT2D eigenvalue weighted by molar-refractivity contribution is -0.142. The van der Waals surface area contributed by atoms with Gasteiger partial charge in [-0.15, -0.1) is 0 Å². The van der Waals surface area contributed by atoms with E-state index < -0.39 is 60.2 Å². The smallest absolute Gasteiger partial charge is 0.326 e. The van der Waals surface area contributed by atoms with Crippen LogP contribution in [0.15, 0.2) is 29.3 Å². The fourth-order valence-electron chi connectivity index (χ4n) is 3.65. The molecule has 15 nitrogen and oxygen atoms in total. The molecule has 0 spiro atoms. The molecule has 0 aliphatic rings.